The van der Waals surface area contributed by atoms with Gasteiger partial charge in [0.25, 0.3) is 11.5 Å². The van der Waals surface area contributed by atoms with Gasteiger partial charge in [0.15, 0.2) is 11.5 Å². The van der Waals surface area contributed by atoms with E-state index in [0.717, 1.165) is 43.4 Å². The van der Waals surface area contributed by atoms with Crippen molar-refractivity contribution >= 4 is 28.3 Å². The first kappa shape index (κ1) is 23.9. The van der Waals surface area contributed by atoms with E-state index >= 15 is 0 Å². The Labute approximate surface area is 210 Å². The van der Waals surface area contributed by atoms with Gasteiger partial charge in [-0.25, -0.2) is 0 Å². The lowest BCUT2D eigenvalue weighted by Gasteiger charge is -2.29. The molecule has 0 aliphatic carbocycles. The second-order valence-electron chi connectivity index (χ2n) is 9.41. The topological polar surface area (TPSA) is 81.1 Å². The summed E-state index contributed by atoms with van der Waals surface area (Å²) in [5.74, 6) is 0.742. The number of aryl methyl sites for hydroxylation is 1. The molecule has 0 spiro atoms. The van der Waals surface area contributed by atoms with Crippen molar-refractivity contribution in [3.8, 4) is 17.2 Å². The molecule has 8 nitrogen and oxygen atoms in total. The number of anilines is 1. The zero-order chi connectivity index (χ0) is 25.4. The van der Waals surface area contributed by atoms with E-state index in [2.05, 4.69) is 0 Å². The Morgan fingerprint density at radius 1 is 0.861 bits per heavy atom. The number of piperidine rings is 1. The number of benzene rings is 2. The van der Waals surface area contributed by atoms with Crippen molar-refractivity contribution in [2.75, 3.05) is 38.8 Å². The molecule has 0 saturated carbocycles. The quantitative estimate of drug-likeness (QED) is 0.555. The molecular formula is C28H31N3O5. The average Bonchev–Trinajstić information content (AvgIpc) is 2.92. The van der Waals surface area contributed by atoms with Crippen molar-refractivity contribution in [2.45, 2.75) is 39.0 Å². The lowest BCUT2D eigenvalue weighted by Crippen LogP contribution is -2.36. The van der Waals surface area contributed by atoms with E-state index in [1.54, 1.807) is 30.2 Å². The first-order chi connectivity index (χ1) is 17.4. The number of ether oxygens (including phenoxy) is 2. The molecule has 2 aliphatic rings. The van der Waals surface area contributed by atoms with Crippen molar-refractivity contribution in [3.05, 3.63) is 58.0 Å². The molecule has 1 aromatic heterocycles. The second-order valence-corrected chi connectivity index (χ2v) is 9.41. The molecule has 5 rings (SSSR count). The van der Waals surface area contributed by atoms with Crippen molar-refractivity contribution in [1.29, 1.82) is 0 Å². The Hall–Kier alpha value is -3.81. The third-order valence-corrected chi connectivity index (χ3v) is 7.24. The summed E-state index contributed by atoms with van der Waals surface area (Å²) in [7, 11) is 3.05. The van der Waals surface area contributed by atoms with E-state index in [1.807, 2.05) is 23.1 Å². The largest absolute Gasteiger partial charge is 0.493 e. The van der Waals surface area contributed by atoms with Gasteiger partial charge in [-0.05, 0) is 61.9 Å². The highest BCUT2D eigenvalue weighted by atomic mass is 16.5. The van der Waals surface area contributed by atoms with Gasteiger partial charge in [0.05, 0.1) is 30.9 Å². The van der Waals surface area contributed by atoms with E-state index in [4.69, 9.17) is 9.47 Å². The fourth-order valence-electron chi connectivity index (χ4n) is 5.34. The van der Waals surface area contributed by atoms with E-state index in [9.17, 15) is 14.4 Å². The molecule has 0 unspecified atom stereocenters. The number of methoxy groups -OCH3 is 2. The van der Waals surface area contributed by atoms with Crippen LogP contribution in [-0.2, 0) is 11.2 Å². The maximum absolute atomic E-state index is 13.8. The average molecular weight is 490 g/mol. The summed E-state index contributed by atoms with van der Waals surface area (Å²) in [5, 5.41) is 0.907. The maximum Gasteiger partial charge on any atom is 0.263 e. The first-order valence-corrected chi connectivity index (χ1v) is 12.4. The van der Waals surface area contributed by atoms with Crippen molar-refractivity contribution < 1.29 is 19.1 Å². The molecule has 8 heteroatoms. The SMILES string of the molecule is COc1cc2c(C(=O)N3CCCCC3)cn(-c3ccc4c(c3)N(C(C)=O)CCC4)c(=O)c2cc1OC. The zero-order valence-corrected chi connectivity index (χ0v) is 21.0. The number of rotatable bonds is 4. The summed E-state index contributed by atoms with van der Waals surface area (Å²) in [6.45, 7) is 3.59. The Kier molecular flexibility index (Phi) is 6.43. The van der Waals surface area contributed by atoms with Crippen LogP contribution in [0, 0.1) is 0 Å². The minimum atomic E-state index is -0.272. The van der Waals surface area contributed by atoms with Crippen LogP contribution in [0.3, 0.4) is 0 Å². The highest BCUT2D eigenvalue weighted by Crippen LogP contribution is 2.34. The van der Waals surface area contributed by atoms with E-state index in [1.165, 1.54) is 18.8 Å². The molecule has 0 atom stereocenters. The lowest BCUT2D eigenvalue weighted by atomic mass is 10.0. The molecule has 0 radical (unpaired) electrons. The predicted octanol–water partition coefficient (Wildman–Crippen LogP) is 3.93. The molecular weight excluding hydrogens is 458 g/mol. The molecule has 3 heterocycles. The number of amides is 2. The van der Waals surface area contributed by atoms with Crippen molar-refractivity contribution in [1.82, 2.24) is 9.47 Å². The lowest BCUT2D eigenvalue weighted by molar-refractivity contribution is -0.116. The van der Waals surface area contributed by atoms with Gasteiger partial charge in [0.2, 0.25) is 5.91 Å². The third kappa shape index (κ3) is 4.10. The molecule has 2 amide bonds. The van der Waals surface area contributed by atoms with Crippen LogP contribution in [0.4, 0.5) is 5.69 Å². The van der Waals surface area contributed by atoms with Gasteiger partial charge >= 0.3 is 0 Å². The summed E-state index contributed by atoms with van der Waals surface area (Å²) < 4.78 is 12.5. The zero-order valence-electron chi connectivity index (χ0n) is 21.0. The van der Waals surface area contributed by atoms with Crippen LogP contribution in [-0.4, -0.2) is 55.1 Å². The number of nitrogens with zero attached hydrogens (tertiary/aromatic N) is 3. The van der Waals surface area contributed by atoms with Crippen molar-refractivity contribution in [3.63, 3.8) is 0 Å². The normalized spacial score (nSPS) is 15.5. The Morgan fingerprint density at radius 2 is 1.56 bits per heavy atom. The van der Waals surface area contributed by atoms with Crippen LogP contribution in [0.2, 0.25) is 0 Å². The number of likely N-dealkylation sites (tertiary alicyclic amines) is 1. The monoisotopic (exact) mass is 489 g/mol. The van der Waals surface area contributed by atoms with Gasteiger partial charge < -0.3 is 19.3 Å². The van der Waals surface area contributed by atoms with Crippen LogP contribution in [0.5, 0.6) is 11.5 Å². The number of hydrogen-bond acceptors (Lipinski definition) is 5. The van der Waals surface area contributed by atoms with Crippen LogP contribution >= 0.6 is 0 Å². The van der Waals surface area contributed by atoms with Crippen LogP contribution in [0.1, 0.15) is 48.5 Å². The summed E-state index contributed by atoms with van der Waals surface area (Å²) >= 11 is 0. The molecule has 3 aromatic rings. The van der Waals surface area contributed by atoms with Gasteiger partial charge in [0.1, 0.15) is 0 Å². The second kappa shape index (κ2) is 9.68. The summed E-state index contributed by atoms with van der Waals surface area (Å²) in [6, 6.07) is 9.07. The highest BCUT2D eigenvalue weighted by Gasteiger charge is 2.25. The van der Waals surface area contributed by atoms with E-state index in [0.29, 0.717) is 53.2 Å². The number of carbonyl (C=O) groups excluding carboxylic acids is 2. The number of fused-ring (bicyclic) bond motifs is 2. The van der Waals surface area contributed by atoms with Gasteiger partial charge in [-0.2, -0.15) is 0 Å². The van der Waals surface area contributed by atoms with Crippen molar-refractivity contribution in [2.24, 2.45) is 0 Å². The van der Waals surface area contributed by atoms with Gasteiger partial charge in [-0.1, -0.05) is 6.07 Å². The maximum atomic E-state index is 13.8. The molecule has 188 valence electrons. The molecule has 0 N–H and O–H groups in total. The summed E-state index contributed by atoms with van der Waals surface area (Å²) in [5.41, 5.74) is 2.66. The molecule has 1 fully saturated rings. The first-order valence-electron chi connectivity index (χ1n) is 12.4. The molecule has 2 aliphatic heterocycles. The fraction of sp³-hybridized carbons (Fsp3) is 0.393. The number of hydrogen-bond donors (Lipinski definition) is 0. The van der Waals surface area contributed by atoms with Gasteiger partial charge in [-0.3, -0.25) is 19.0 Å². The molecule has 1 saturated heterocycles. The minimum Gasteiger partial charge on any atom is -0.493 e. The fourth-order valence-corrected chi connectivity index (χ4v) is 5.34. The standard InChI is InChI=1S/C28H31N3O5/c1-18(32)30-13-7-8-19-9-10-20(14-24(19)30)31-17-23(27(33)29-11-5-4-6-12-29)21-15-25(35-2)26(36-3)16-22(21)28(31)34/h9-10,14-17H,4-8,11-13H2,1-3H3. The van der Waals surface area contributed by atoms with Crippen LogP contribution in [0.15, 0.2) is 41.3 Å². The number of carbonyl (C=O) groups is 2. The van der Waals surface area contributed by atoms with E-state index < -0.39 is 0 Å². The molecule has 36 heavy (non-hydrogen) atoms. The van der Waals surface area contributed by atoms with Gasteiger partial charge in [-0.15, -0.1) is 0 Å². The van der Waals surface area contributed by atoms with Crippen LogP contribution in [0.25, 0.3) is 16.5 Å². The Morgan fingerprint density at radius 3 is 2.22 bits per heavy atom. The molecule has 0 bridgehead atoms. The molecule has 2 aromatic carbocycles. The minimum absolute atomic E-state index is 0.0308. The highest BCUT2D eigenvalue weighted by molar-refractivity contribution is 6.07. The summed E-state index contributed by atoms with van der Waals surface area (Å²) in [4.78, 5) is 43.4. The number of aromatic nitrogens is 1. The summed E-state index contributed by atoms with van der Waals surface area (Å²) in [6.07, 6.45) is 6.45. The van der Waals surface area contributed by atoms with E-state index in [-0.39, 0.29) is 17.4 Å². The Bertz CT molecular complexity index is 1400. The third-order valence-electron chi connectivity index (χ3n) is 7.24. The predicted molar refractivity (Wildman–Crippen MR) is 139 cm³/mol. The van der Waals surface area contributed by atoms with Gasteiger partial charge in [0, 0.05) is 43.8 Å². The smallest absolute Gasteiger partial charge is 0.263 e. The number of pyridine rings is 1. The Balaban J connectivity index is 1.74. The van der Waals surface area contributed by atoms with Crippen LogP contribution < -0.4 is 19.9 Å².